The third kappa shape index (κ3) is 3.96. The average Bonchev–Trinajstić information content (AvgIpc) is 3.08. The molecule has 0 spiro atoms. The van der Waals surface area contributed by atoms with Crippen LogP contribution in [0.1, 0.15) is 11.1 Å². The first kappa shape index (κ1) is 20.1. The van der Waals surface area contributed by atoms with Gasteiger partial charge >= 0.3 is 0 Å². The summed E-state index contributed by atoms with van der Waals surface area (Å²) in [6, 6.07) is 13.9. The highest BCUT2D eigenvalue weighted by Gasteiger charge is 2.23. The standard InChI is InChI=1S/C21H21BrN4O2S/c1-24-8-10-25(11-9-24)14-17-15-26(21-7-2-16(13-23)12-20(17)21)29(27,28)19-5-3-18(22)4-6-19/h2-7,12,15H,8-11,14H2,1H3. The van der Waals surface area contributed by atoms with Crippen LogP contribution in [0.15, 0.2) is 58.0 Å². The molecule has 1 aliphatic heterocycles. The van der Waals surface area contributed by atoms with Crippen molar-refractivity contribution in [2.75, 3.05) is 33.2 Å². The van der Waals surface area contributed by atoms with Gasteiger partial charge in [-0.05, 0) is 55.1 Å². The third-order valence-corrected chi connectivity index (χ3v) is 7.56. The summed E-state index contributed by atoms with van der Waals surface area (Å²) in [5, 5.41) is 10.1. The summed E-state index contributed by atoms with van der Waals surface area (Å²) >= 11 is 3.35. The van der Waals surface area contributed by atoms with Crippen molar-refractivity contribution in [3.05, 3.63) is 64.3 Å². The lowest BCUT2D eigenvalue weighted by atomic mass is 10.1. The van der Waals surface area contributed by atoms with Crippen LogP contribution in [0.2, 0.25) is 0 Å². The molecular weight excluding hydrogens is 452 g/mol. The van der Waals surface area contributed by atoms with E-state index >= 15 is 0 Å². The van der Waals surface area contributed by atoms with E-state index in [-0.39, 0.29) is 4.90 Å². The predicted molar refractivity (Wildman–Crippen MR) is 116 cm³/mol. The number of likely N-dealkylation sites (N-methyl/N-ethyl adjacent to an activating group) is 1. The zero-order valence-electron chi connectivity index (χ0n) is 16.0. The summed E-state index contributed by atoms with van der Waals surface area (Å²) in [7, 11) is -1.64. The van der Waals surface area contributed by atoms with Crippen LogP contribution in [-0.4, -0.2) is 55.4 Å². The number of hydrogen-bond donors (Lipinski definition) is 0. The van der Waals surface area contributed by atoms with Crippen LogP contribution in [0.5, 0.6) is 0 Å². The molecule has 0 unspecified atom stereocenters. The van der Waals surface area contributed by atoms with Gasteiger partial charge in [0.1, 0.15) is 0 Å². The number of rotatable bonds is 4. The number of benzene rings is 2. The van der Waals surface area contributed by atoms with Crippen LogP contribution in [0, 0.1) is 11.3 Å². The molecular formula is C21H21BrN4O2S. The van der Waals surface area contributed by atoms with Crippen molar-refractivity contribution >= 4 is 36.9 Å². The number of hydrogen-bond acceptors (Lipinski definition) is 5. The Labute approximate surface area is 179 Å². The van der Waals surface area contributed by atoms with E-state index < -0.39 is 10.0 Å². The molecule has 0 radical (unpaired) electrons. The summed E-state index contributed by atoms with van der Waals surface area (Å²) < 4.78 is 28.8. The first-order valence-electron chi connectivity index (χ1n) is 9.34. The number of piperazine rings is 1. The zero-order valence-corrected chi connectivity index (χ0v) is 18.4. The number of nitrogens with zero attached hydrogens (tertiary/aromatic N) is 4. The van der Waals surface area contributed by atoms with E-state index in [1.807, 2.05) is 0 Å². The summed E-state index contributed by atoms with van der Waals surface area (Å²) in [5.74, 6) is 0. The van der Waals surface area contributed by atoms with Crippen molar-refractivity contribution < 1.29 is 8.42 Å². The Bertz CT molecular complexity index is 1190. The van der Waals surface area contributed by atoms with Gasteiger partial charge in [0.2, 0.25) is 0 Å². The fraction of sp³-hybridized carbons (Fsp3) is 0.286. The van der Waals surface area contributed by atoms with Gasteiger partial charge in [-0.2, -0.15) is 5.26 Å². The summed E-state index contributed by atoms with van der Waals surface area (Å²) in [4.78, 5) is 4.84. The maximum absolute atomic E-state index is 13.3. The van der Waals surface area contributed by atoms with E-state index in [2.05, 4.69) is 38.8 Å². The molecule has 8 heteroatoms. The summed E-state index contributed by atoms with van der Waals surface area (Å²) in [6.07, 6.45) is 1.71. The molecule has 1 fully saturated rings. The van der Waals surface area contributed by atoms with Gasteiger partial charge < -0.3 is 4.90 Å². The molecule has 2 aromatic carbocycles. The minimum Gasteiger partial charge on any atom is -0.304 e. The monoisotopic (exact) mass is 472 g/mol. The van der Waals surface area contributed by atoms with Crippen LogP contribution < -0.4 is 0 Å². The van der Waals surface area contributed by atoms with Crippen molar-refractivity contribution in [1.82, 2.24) is 13.8 Å². The van der Waals surface area contributed by atoms with Crippen LogP contribution in [0.25, 0.3) is 10.9 Å². The molecule has 6 nitrogen and oxygen atoms in total. The molecule has 0 amide bonds. The second kappa shape index (κ2) is 7.92. The Balaban J connectivity index is 1.80. The molecule has 4 rings (SSSR count). The maximum atomic E-state index is 13.3. The lowest BCUT2D eigenvalue weighted by molar-refractivity contribution is 0.148. The maximum Gasteiger partial charge on any atom is 0.268 e. The van der Waals surface area contributed by atoms with Gasteiger partial charge in [0.05, 0.1) is 22.0 Å². The SMILES string of the molecule is CN1CCN(Cc2cn(S(=O)(=O)c3ccc(Br)cc3)c3ccc(C#N)cc23)CC1. The Hall–Kier alpha value is -2.18. The largest absolute Gasteiger partial charge is 0.304 e. The molecule has 0 N–H and O–H groups in total. The molecule has 29 heavy (non-hydrogen) atoms. The van der Waals surface area contributed by atoms with E-state index in [1.54, 1.807) is 48.7 Å². The van der Waals surface area contributed by atoms with E-state index in [1.165, 1.54) is 3.97 Å². The van der Waals surface area contributed by atoms with Gasteiger partial charge in [0.25, 0.3) is 10.0 Å². The van der Waals surface area contributed by atoms with Crippen molar-refractivity contribution in [2.45, 2.75) is 11.4 Å². The quantitative estimate of drug-likeness (QED) is 0.582. The molecule has 3 aromatic rings. The highest BCUT2D eigenvalue weighted by atomic mass is 79.9. The van der Waals surface area contributed by atoms with Crippen molar-refractivity contribution in [1.29, 1.82) is 5.26 Å². The van der Waals surface area contributed by atoms with Gasteiger partial charge in [-0.15, -0.1) is 0 Å². The van der Waals surface area contributed by atoms with E-state index in [4.69, 9.17) is 0 Å². The van der Waals surface area contributed by atoms with Crippen molar-refractivity contribution in [2.24, 2.45) is 0 Å². The fourth-order valence-corrected chi connectivity index (χ4v) is 5.28. The van der Waals surface area contributed by atoms with Crippen LogP contribution in [0.4, 0.5) is 0 Å². The number of nitriles is 1. The Morgan fingerprint density at radius 2 is 1.76 bits per heavy atom. The molecule has 1 aliphatic rings. The van der Waals surface area contributed by atoms with E-state index in [0.29, 0.717) is 17.6 Å². The minimum atomic E-state index is -3.74. The summed E-state index contributed by atoms with van der Waals surface area (Å²) in [5.41, 5.74) is 2.04. The molecule has 0 saturated carbocycles. The first-order valence-corrected chi connectivity index (χ1v) is 11.6. The molecule has 0 atom stereocenters. The van der Waals surface area contributed by atoms with Gasteiger partial charge in [0, 0.05) is 48.8 Å². The average molecular weight is 473 g/mol. The van der Waals surface area contributed by atoms with Gasteiger partial charge in [-0.3, -0.25) is 4.90 Å². The van der Waals surface area contributed by atoms with Crippen LogP contribution in [0.3, 0.4) is 0 Å². The second-order valence-corrected chi connectivity index (χ2v) is 10.1. The Morgan fingerprint density at radius 3 is 2.41 bits per heavy atom. The van der Waals surface area contributed by atoms with Crippen molar-refractivity contribution in [3.63, 3.8) is 0 Å². The molecule has 0 aliphatic carbocycles. The highest BCUT2D eigenvalue weighted by Crippen LogP contribution is 2.28. The molecule has 1 saturated heterocycles. The first-order chi connectivity index (χ1) is 13.9. The van der Waals surface area contributed by atoms with E-state index in [9.17, 15) is 13.7 Å². The topological polar surface area (TPSA) is 69.3 Å². The molecule has 150 valence electrons. The Morgan fingerprint density at radius 1 is 1.07 bits per heavy atom. The fourth-order valence-electron chi connectivity index (χ4n) is 3.63. The van der Waals surface area contributed by atoms with Gasteiger partial charge in [-0.25, -0.2) is 12.4 Å². The molecule has 0 bridgehead atoms. The normalized spacial score (nSPS) is 16.2. The van der Waals surface area contributed by atoms with Gasteiger partial charge in [0.15, 0.2) is 0 Å². The van der Waals surface area contributed by atoms with Crippen LogP contribution >= 0.6 is 15.9 Å². The smallest absolute Gasteiger partial charge is 0.268 e. The van der Waals surface area contributed by atoms with Crippen LogP contribution in [-0.2, 0) is 16.6 Å². The number of fused-ring (bicyclic) bond motifs is 1. The van der Waals surface area contributed by atoms with Crippen molar-refractivity contribution in [3.8, 4) is 6.07 Å². The predicted octanol–water partition coefficient (Wildman–Crippen LogP) is 3.26. The summed E-state index contributed by atoms with van der Waals surface area (Å²) in [6.45, 7) is 4.49. The van der Waals surface area contributed by atoms with Gasteiger partial charge in [-0.1, -0.05) is 15.9 Å². The van der Waals surface area contributed by atoms with E-state index in [0.717, 1.165) is 41.6 Å². The zero-order chi connectivity index (χ0) is 20.6. The lowest BCUT2D eigenvalue weighted by Crippen LogP contribution is -2.43. The molecule has 2 heterocycles. The lowest BCUT2D eigenvalue weighted by Gasteiger charge is -2.32. The minimum absolute atomic E-state index is 0.230. The number of aromatic nitrogens is 1. The molecule has 1 aromatic heterocycles. The second-order valence-electron chi connectivity index (χ2n) is 7.33. The highest BCUT2D eigenvalue weighted by molar-refractivity contribution is 9.10. The Kier molecular flexibility index (Phi) is 5.49. The third-order valence-electron chi connectivity index (χ3n) is 5.34. The number of halogens is 1.